The van der Waals surface area contributed by atoms with Crippen LogP contribution < -0.4 is 11.5 Å². The first kappa shape index (κ1) is 36.4. The zero-order chi connectivity index (χ0) is 35.0. The molecular weight excluding hydrogens is 673 g/mol. The second-order valence-corrected chi connectivity index (χ2v) is 13.2. The number of nitrogens with one attached hydrogen (secondary N) is 3. The second-order valence-electron chi connectivity index (χ2n) is 10.6. The van der Waals surface area contributed by atoms with E-state index >= 15 is 0 Å². The predicted octanol–water partition coefficient (Wildman–Crippen LogP) is 6.49. The highest BCUT2D eigenvalue weighted by Crippen LogP contribution is 2.34. The van der Waals surface area contributed by atoms with Crippen LogP contribution in [0.5, 0.6) is 0 Å². The molecule has 9 N–H and O–H groups in total. The molecule has 252 valence electrons. The summed E-state index contributed by atoms with van der Waals surface area (Å²) in [5.41, 5.74) is 15.3. The Morgan fingerprint density at radius 3 is 1.90 bits per heavy atom. The van der Waals surface area contributed by atoms with Crippen molar-refractivity contribution in [2.75, 3.05) is 18.8 Å². The summed E-state index contributed by atoms with van der Waals surface area (Å²) in [5.74, 6) is -2.11. The minimum absolute atomic E-state index is 0.0365. The van der Waals surface area contributed by atoms with Crippen molar-refractivity contribution in [2.45, 2.75) is 39.6 Å². The van der Waals surface area contributed by atoms with Crippen molar-refractivity contribution in [2.24, 2.45) is 11.5 Å². The van der Waals surface area contributed by atoms with Crippen LogP contribution >= 0.6 is 35.3 Å². The maximum absolute atomic E-state index is 11.2. The summed E-state index contributed by atoms with van der Waals surface area (Å²) >= 11 is 4.84. The van der Waals surface area contributed by atoms with Crippen LogP contribution in [-0.2, 0) is 22.4 Å². The SMILES string of the molecule is CSc1cc([N+](=O)[O-])c2c(CC(N)C(=O)O)c[nH]c2c1.CSc1ccc2c(CC(N)C(=O)O)c[nH]c2c1.CSc1ccc2cc[nH]c2c1. The minimum Gasteiger partial charge on any atom is -0.480 e. The summed E-state index contributed by atoms with van der Waals surface area (Å²) < 4.78 is 0. The molecule has 2 unspecified atom stereocenters. The smallest absolute Gasteiger partial charge is 0.320 e. The van der Waals surface area contributed by atoms with Crippen molar-refractivity contribution < 1.29 is 24.7 Å². The number of aromatic nitrogens is 3. The third-order valence-corrected chi connectivity index (χ3v) is 9.66. The summed E-state index contributed by atoms with van der Waals surface area (Å²) in [6, 6.07) is 15.9. The molecule has 0 aliphatic carbocycles. The molecule has 0 bridgehead atoms. The number of hydrogen-bond acceptors (Lipinski definition) is 9. The Morgan fingerprint density at radius 1 is 0.750 bits per heavy atom. The lowest BCUT2D eigenvalue weighted by Gasteiger charge is -2.06. The molecule has 0 amide bonds. The molecule has 0 saturated heterocycles. The Kier molecular flexibility index (Phi) is 12.6. The third kappa shape index (κ3) is 8.93. The monoisotopic (exact) mass is 708 g/mol. The molecule has 12 nitrogen and oxygen atoms in total. The largest absolute Gasteiger partial charge is 0.480 e. The molecular formula is C33H36N6O6S3. The van der Waals surface area contributed by atoms with Crippen LogP contribution in [0.4, 0.5) is 5.69 Å². The fraction of sp³-hybridized carbons (Fsp3) is 0.212. The summed E-state index contributed by atoms with van der Waals surface area (Å²) in [6.45, 7) is 0. The van der Waals surface area contributed by atoms with E-state index in [2.05, 4.69) is 51.5 Å². The van der Waals surface area contributed by atoms with Gasteiger partial charge in [0.2, 0.25) is 0 Å². The van der Waals surface area contributed by atoms with E-state index in [0.717, 1.165) is 21.4 Å². The number of thioether (sulfide) groups is 3. The minimum atomic E-state index is -1.14. The molecule has 0 aliphatic heterocycles. The molecule has 3 aromatic heterocycles. The summed E-state index contributed by atoms with van der Waals surface area (Å²) in [5, 5.41) is 31.6. The van der Waals surface area contributed by atoms with E-state index in [4.69, 9.17) is 21.7 Å². The van der Waals surface area contributed by atoms with E-state index in [9.17, 15) is 19.7 Å². The number of carboxylic acid groups (broad SMARTS) is 2. The van der Waals surface area contributed by atoms with Crippen molar-refractivity contribution >= 4 is 85.6 Å². The van der Waals surface area contributed by atoms with E-state index in [-0.39, 0.29) is 12.1 Å². The number of hydrogen-bond donors (Lipinski definition) is 7. The topological polar surface area (TPSA) is 217 Å². The zero-order valence-corrected chi connectivity index (χ0v) is 28.8. The number of benzene rings is 3. The molecule has 0 saturated carbocycles. The van der Waals surface area contributed by atoms with E-state index in [1.165, 1.54) is 38.5 Å². The Hall–Kier alpha value is -4.41. The fourth-order valence-electron chi connectivity index (χ4n) is 4.98. The van der Waals surface area contributed by atoms with E-state index in [1.807, 2.05) is 37.0 Å². The fourth-order valence-corrected chi connectivity index (χ4v) is 6.32. The predicted molar refractivity (Wildman–Crippen MR) is 196 cm³/mol. The van der Waals surface area contributed by atoms with Crippen LogP contribution in [-0.4, -0.2) is 72.9 Å². The van der Waals surface area contributed by atoms with Crippen LogP contribution in [0.2, 0.25) is 0 Å². The van der Waals surface area contributed by atoms with Gasteiger partial charge in [-0.25, -0.2) is 0 Å². The number of fused-ring (bicyclic) bond motifs is 3. The Balaban J connectivity index is 0.000000169. The van der Waals surface area contributed by atoms with Gasteiger partial charge in [-0.1, -0.05) is 12.1 Å². The van der Waals surface area contributed by atoms with Crippen molar-refractivity contribution in [3.05, 3.63) is 94.4 Å². The van der Waals surface area contributed by atoms with Crippen LogP contribution in [0, 0.1) is 10.1 Å². The van der Waals surface area contributed by atoms with Crippen molar-refractivity contribution in [3.63, 3.8) is 0 Å². The molecule has 0 fully saturated rings. The van der Waals surface area contributed by atoms with Gasteiger partial charge in [0.05, 0.1) is 15.8 Å². The highest BCUT2D eigenvalue weighted by atomic mass is 32.2. The Bertz CT molecular complexity index is 2060. The van der Waals surface area contributed by atoms with E-state index < -0.39 is 28.9 Å². The van der Waals surface area contributed by atoms with Gasteiger partial charge in [-0.2, -0.15) is 0 Å². The number of aromatic amines is 3. The number of nitro groups is 1. The first-order valence-electron chi connectivity index (χ1n) is 14.5. The lowest BCUT2D eigenvalue weighted by Crippen LogP contribution is -2.32. The number of rotatable bonds is 10. The van der Waals surface area contributed by atoms with Gasteiger partial charge in [0, 0.05) is 68.6 Å². The average Bonchev–Trinajstić information content (AvgIpc) is 3.82. The zero-order valence-electron chi connectivity index (χ0n) is 26.4. The van der Waals surface area contributed by atoms with Crippen molar-refractivity contribution in [3.8, 4) is 0 Å². The molecule has 48 heavy (non-hydrogen) atoms. The number of nitrogens with zero attached hydrogens (tertiary/aromatic N) is 1. The maximum atomic E-state index is 11.2. The number of carbonyl (C=O) groups is 2. The Morgan fingerprint density at radius 2 is 1.29 bits per heavy atom. The number of nitro benzene ring substituents is 1. The summed E-state index contributed by atoms with van der Waals surface area (Å²) in [6.07, 6.45) is 11.7. The number of nitrogens with two attached hydrogens (primary N) is 2. The van der Waals surface area contributed by atoms with Crippen LogP contribution in [0.15, 0.2) is 87.9 Å². The van der Waals surface area contributed by atoms with Crippen molar-refractivity contribution in [1.82, 2.24) is 15.0 Å². The van der Waals surface area contributed by atoms with Crippen molar-refractivity contribution in [1.29, 1.82) is 0 Å². The molecule has 0 radical (unpaired) electrons. The average molecular weight is 709 g/mol. The van der Waals surface area contributed by atoms with Gasteiger partial charge in [0.1, 0.15) is 12.1 Å². The summed E-state index contributed by atoms with van der Waals surface area (Å²) in [7, 11) is 0. The lowest BCUT2D eigenvalue weighted by molar-refractivity contribution is -0.383. The quantitative estimate of drug-likeness (QED) is 0.0464. The van der Waals surface area contributed by atoms with Gasteiger partial charge in [0.25, 0.3) is 5.69 Å². The number of non-ortho nitro benzene ring substituents is 1. The molecule has 0 spiro atoms. The van der Waals surface area contributed by atoms with Gasteiger partial charge in [0.15, 0.2) is 0 Å². The number of aliphatic carboxylic acids is 2. The highest BCUT2D eigenvalue weighted by molar-refractivity contribution is 7.99. The molecule has 6 aromatic rings. The van der Waals surface area contributed by atoms with Gasteiger partial charge in [-0.3, -0.25) is 19.7 Å². The molecule has 15 heteroatoms. The molecule has 3 aromatic carbocycles. The standard InChI is InChI=1S/C12H13N3O4S.C12H14N2O2S.C9H9NS/c1-20-7-3-9-11(10(4-7)15(18)19)6(5-14-9)2-8(13)12(16)17;1-17-8-2-3-9-7(4-10(13)12(15)16)6-14-11(9)5-8;1-11-8-3-2-7-4-5-10-9(7)6-8/h3-5,8,14H,2,13H2,1H3,(H,16,17);2-3,5-6,10,14H,4,13H2,1H3,(H,15,16);2-6,10H,1H3. The maximum Gasteiger partial charge on any atom is 0.320 e. The van der Waals surface area contributed by atoms with Gasteiger partial charge < -0.3 is 36.6 Å². The van der Waals surface area contributed by atoms with E-state index in [1.54, 1.807) is 35.8 Å². The normalized spacial score (nSPS) is 12.2. The molecule has 2 atom stereocenters. The van der Waals surface area contributed by atoms with E-state index in [0.29, 0.717) is 22.9 Å². The lowest BCUT2D eigenvalue weighted by atomic mass is 10.0. The van der Waals surface area contributed by atoms with Crippen LogP contribution in [0.1, 0.15) is 11.1 Å². The van der Waals surface area contributed by atoms with Gasteiger partial charge in [-0.05, 0) is 71.7 Å². The van der Waals surface area contributed by atoms with Crippen LogP contribution in [0.25, 0.3) is 32.7 Å². The number of H-pyrrole nitrogens is 3. The molecule has 6 rings (SSSR count). The first-order valence-corrected chi connectivity index (χ1v) is 18.2. The van der Waals surface area contributed by atoms with Gasteiger partial charge >= 0.3 is 11.9 Å². The number of carboxylic acids is 2. The highest BCUT2D eigenvalue weighted by Gasteiger charge is 2.22. The summed E-state index contributed by atoms with van der Waals surface area (Å²) in [4.78, 5) is 44.8. The molecule has 3 heterocycles. The Labute approximate surface area is 288 Å². The third-order valence-electron chi connectivity index (χ3n) is 7.50. The van der Waals surface area contributed by atoms with Crippen LogP contribution in [0.3, 0.4) is 0 Å². The molecule has 0 aliphatic rings. The van der Waals surface area contributed by atoms with Gasteiger partial charge in [-0.15, -0.1) is 35.3 Å². The first-order chi connectivity index (χ1) is 22.9. The second kappa shape index (κ2) is 16.6.